The van der Waals surface area contributed by atoms with E-state index in [2.05, 4.69) is 10.2 Å². The molecule has 8 nitrogen and oxygen atoms in total. The number of sulfonamides is 1. The molecule has 1 saturated heterocycles. The lowest BCUT2D eigenvalue weighted by Crippen LogP contribution is -2.40. The number of methoxy groups -OCH3 is 2. The number of halogens is 2. The van der Waals surface area contributed by atoms with E-state index >= 15 is 0 Å². The van der Waals surface area contributed by atoms with E-state index in [0.717, 1.165) is 34.7 Å². The van der Waals surface area contributed by atoms with Gasteiger partial charge in [-0.1, -0.05) is 23.7 Å². The number of anilines is 2. The molecule has 0 saturated carbocycles. The Hall–Kier alpha value is -3.50. The third-order valence-corrected chi connectivity index (χ3v) is 8.38. The molecule has 38 heavy (non-hydrogen) atoms. The average Bonchev–Trinajstić information content (AvgIpc) is 3.47. The van der Waals surface area contributed by atoms with Gasteiger partial charge in [0.2, 0.25) is 5.91 Å². The summed E-state index contributed by atoms with van der Waals surface area (Å²) in [6.07, 6.45) is 2.36. The number of ether oxygens (including phenoxy) is 2. The summed E-state index contributed by atoms with van der Waals surface area (Å²) in [6, 6.07) is 15.5. The van der Waals surface area contributed by atoms with E-state index in [1.54, 1.807) is 0 Å². The summed E-state index contributed by atoms with van der Waals surface area (Å²) in [4.78, 5) is 15.1. The van der Waals surface area contributed by atoms with Crippen LogP contribution in [-0.4, -0.2) is 48.2 Å². The monoisotopic (exact) mass is 561 g/mol. The quantitative estimate of drug-likeness (QED) is 0.389. The molecule has 11 heteroatoms. The number of nitrogens with one attached hydrogen (secondary N) is 1. The number of carbonyl (C=O) groups excluding carboxylic acids is 1. The van der Waals surface area contributed by atoms with E-state index in [1.165, 1.54) is 57.4 Å². The predicted molar refractivity (Wildman–Crippen MR) is 145 cm³/mol. The van der Waals surface area contributed by atoms with Crippen LogP contribution in [0.25, 0.3) is 0 Å². The van der Waals surface area contributed by atoms with Gasteiger partial charge in [0, 0.05) is 31.4 Å². The molecule has 1 N–H and O–H groups in total. The number of benzene rings is 3. The molecule has 0 bridgehead atoms. The van der Waals surface area contributed by atoms with Gasteiger partial charge in [-0.05, 0) is 60.9 Å². The highest BCUT2D eigenvalue weighted by Gasteiger charge is 2.29. The van der Waals surface area contributed by atoms with Crippen LogP contribution in [0.3, 0.4) is 0 Å². The summed E-state index contributed by atoms with van der Waals surface area (Å²) in [5, 5.41) is 2.50. The fourth-order valence-electron chi connectivity index (χ4n) is 4.25. The van der Waals surface area contributed by atoms with Gasteiger partial charge in [0.05, 0.1) is 29.8 Å². The van der Waals surface area contributed by atoms with Gasteiger partial charge >= 0.3 is 0 Å². The lowest BCUT2D eigenvalue weighted by molar-refractivity contribution is -0.119. The van der Waals surface area contributed by atoms with Crippen molar-refractivity contribution in [2.24, 2.45) is 0 Å². The van der Waals surface area contributed by atoms with Crippen molar-refractivity contribution in [1.82, 2.24) is 5.32 Å². The van der Waals surface area contributed by atoms with Crippen molar-refractivity contribution in [2.75, 3.05) is 43.1 Å². The molecule has 1 aliphatic heterocycles. The van der Waals surface area contributed by atoms with Crippen molar-refractivity contribution >= 4 is 38.9 Å². The van der Waals surface area contributed by atoms with E-state index in [0.29, 0.717) is 5.75 Å². The maximum atomic E-state index is 13.8. The molecule has 3 aromatic carbocycles. The molecule has 0 aliphatic carbocycles. The molecule has 202 valence electrons. The largest absolute Gasteiger partial charge is 0.493 e. The van der Waals surface area contributed by atoms with Gasteiger partial charge < -0.3 is 19.7 Å². The molecular formula is C27H29ClFN3O5S. The van der Waals surface area contributed by atoms with Crippen molar-refractivity contribution in [3.8, 4) is 11.5 Å². The molecular weight excluding hydrogens is 533 g/mol. The average molecular weight is 562 g/mol. The molecule has 0 spiro atoms. The highest BCUT2D eigenvalue weighted by Crippen LogP contribution is 2.33. The maximum Gasteiger partial charge on any atom is 0.264 e. The summed E-state index contributed by atoms with van der Waals surface area (Å²) in [5.74, 6) is -0.706. The molecule has 1 amide bonds. The van der Waals surface area contributed by atoms with Gasteiger partial charge in [-0.2, -0.15) is 0 Å². The summed E-state index contributed by atoms with van der Waals surface area (Å²) >= 11 is 5.94. The Labute approximate surface area is 227 Å². The predicted octanol–water partition coefficient (Wildman–Crippen LogP) is 4.61. The Balaban J connectivity index is 1.55. The summed E-state index contributed by atoms with van der Waals surface area (Å²) in [7, 11) is -1.46. The minimum atomic E-state index is -4.28. The molecule has 1 aliphatic rings. The number of nitrogens with zero attached hydrogens (tertiary/aromatic N) is 2. The molecule has 4 rings (SSSR count). The van der Waals surface area contributed by atoms with Crippen LogP contribution in [0, 0.1) is 5.82 Å². The van der Waals surface area contributed by atoms with Crippen molar-refractivity contribution in [1.29, 1.82) is 0 Å². The Morgan fingerprint density at radius 1 is 1.00 bits per heavy atom. The molecule has 3 aromatic rings. The van der Waals surface area contributed by atoms with Crippen LogP contribution in [0.15, 0.2) is 65.6 Å². The van der Waals surface area contributed by atoms with Gasteiger partial charge in [0.25, 0.3) is 10.0 Å². The van der Waals surface area contributed by atoms with Crippen molar-refractivity contribution < 1.29 is 27.1 Å². The number of carbonyl (C=O) groups is 1. The van der Waals surface area contributed by atoms with Gasteiger partial charge in [-0.3, -0.25) is 9.10 Å². The molecule has 0 radical (unpaired) electrons. The lowest BCUT2D eigenvalue weighted by Gasteiger charge is -2.25. The third kappa shape index (κ3) is 6.14. The van der Waals surface area contributed by atoms with E-state index in [1.807, 2.05) is 24.3 Å². The topological polar surface area (TPSA) is 88.2 Å². The van der Waals surface area contributed by atoms with Crippen LogP contribution in [0.2, 0.25) is 5.02 Å². The van der Waals surface area contributed by atoms with Gasteiger partial charge in [-0.15, -0.1) is 0 Å². The zero-order valence-electron chi connectivity index (χ0n) is 21.1. The smallest absolute Gasteiger partial charge is 0.264 e. The number of amides is 1. The fraction of sp³-hybridized carbons (Fsp3) is 0.296. The zero-order chi connectivity index (χ0) is 27.3. The van der Waals surface area contributed by atoms with Crippen molar-refractivity contribution in [2.45, 2.75) is 24.3 Å². The first-order chi connectivity index (χ1) is 18.2. The van der Waals surface area contributed by atoms with E-state index < -0.39 is 28.3 Å². The number of rotatable bonds is 10. The highest BCUT2D eigenvalue weighted by atomic mass is 35.5. The molecule has 1 heterocycles. The summed E-state index contributed by atoms with van der Waals surface area (Å²) < 4.78 is 52.5. The van der Waals surface area contributed by atoms with Gasteiger partial charge in [0.1, 0.15) is 12.4 Å². The fourth-order valence-corrected chi connectivity index (χ4v) is 5.85. The second-order valence-electron chi connectivity index (χ2n) is 8.76. The molecule has 1 fully saturated rings. The Morgan fingerprint density at radius 3 is 2.32 bits per heavy atom. The Kier molecular flexibility index (Phi) is 8.63. The second-order valence-corrected chi connectivity index (χ2v) is 11.0. The zero-order valence-corrected chi connectivity index (χ0v) is 22.7. The minimum Gasteiger partial charge on any atom is -0.493 e. The Bertz CT molecular complexity index is 1400. The summed E-state index contributed by atoms with van der Waals surface area (Å²) in [6.45, 7) is 1.74. The Morgan fingerprint density at radius 2 is 1.68 bits per heavy atom. The summed E-state index contributed by atoms with van der Waals surface area (Å²) in [5.41, 5.74) is 2.05. The van der Waals surface area contributed by atoms with Crippen LogP contribution < -0.4 is 24.0 Å². The first-order valence-corrected chi connectivity index (χ1v) is 13.8. The normalized spacial score (nSPS) is 13.3. The first kappa shape index (κ1) is 27.5. The minimum absolute atomic E-state index is 0.0382. The molecule has 0 atom stereocenters. The first-order valence-electron chi connectivity index (χ1n) is 12.0. The van der Waals surface area contributed by atoms with Crippen LogP contribution in [0.5, 0.6) is 11.5 Å². The maximum absolute atomic E-state index is 13.8. The van der Waals surface area contributed by atoms with Crippen molar-refractivity contribution in [3.63, 3.8) is 0 Å². The van der Waals surface area contributed by atoms with Crippen LogP contribution in [0.4, 0.5) is 15.8 Å². The lowest BCUT2D eigenvalue weighted by atomic mass is 10.2. The van der Waals surface area contributed by atoms with Crippen LogP contribution >= 0.6 is 11.6 Å². The SMILES string of the molecule is COc1ccc(S(=O)(=O)N(CC(=O)NCc2ccc(N3CCCC3)cc2)c2ccc(F)c(Cl)c2)cc1OC. The standard InChI is InChI=1S/C27H29ClFN3O5S/c1-36-25-12-10-22(16-26(25)37-2)38(34,35)32(21-9-11-24(29)23(28)15-21)18-27(33)30-17-19-5-7-20(8-6-19)31-13-3-4-14-31/h5-12,15-16H,3-4,13-14,17-18H2,1-2H3,(H,30,33). The third-order valence-electron chi connectivity index (χ3n) is 6.32. The van der Waals surface area contributed by atoms with Gasteiger partial charge in [-0.25, -0.2) is 12.8 Å². The molecule has 0 aromatic heterocycles. The van der Waals surface area contributed by atoms with E-state index in [-0.39, 0.29) is 27.9 Å². The van der Waals surface area contributed by atoms with Crippen LogP contribution in [0.1, 0.15) is 18.4 Å². The second kappa shape index (κ2) is 11.9. The number of hydrogen-bond acceptors (Lipinski definition) is 6. The van der Waals surface area contributed by atoms with Crippen LogP contribution in [-0.2, 0) is 21.4 Å². The van der Waals surface area contributed by atoms with Gasteiger partial charge in [0.15, 0.2) is 11.5 Å². The van der Waals surface area contributed by atoms with Crippen molar-refractivity contribution in [3.05, 3.63) is 77.1 Å². The van der Waals surface area contributed by atoms with E-state index in [4.69, 9.17) is 21.1 Å². The highest BCUT2D eigenvalue weighted by molar-refractivity contribution is 7.92. The molecule has 0 unspecified atom stereocenters. The number of hydrogen-bond donors (Lipinski definition) is 1. The van der Waals surface area contributed by atoms with E-state index in [9.17, 15) is 17.6 Å².